The number of phenols is 1. The van der Waals surface area contributed by atoms with Gasteiger partial charge in [0.2, 0.25) is 0 Å². The van der Waals surface area contributed by atoms with Crippen LogP contribution in [-0.4, -0.2) is 27.3 Å². The monoisotopic (exact) mass is 273 g/mol. The van der Waals surface area contributed by atoms with Crippen molar-refractivity contribution in [3.8, 4) is 5.75 Å². The van der Waals surface area contributed by atoms with Crippen LogP contribution in [-0.2, 0) is 13.5 Å². The number of aromatic hydroxyl groups is 1. The van der Waals surface area contributed by atoms with Crippen molar-refractivity contribution in [3.63, 3.8) is 0 Å². The first kappa shape index (κ1) is 14.1. The van der Waals surface area contributed by atoms with Crippen molar-refractivity contribution in [1.29, 1.82) is 0 Å². The fraction of sp³-hybridized carbons (Fsp3) is 0.333. The lowest BCUT2D eigenvalue weighted by Gasteiger charge is -2.06. The van der Waals surface area contributed by atoms with E-state index in [2.05, 4.69) is 10.4 Å². The first-order valence-electron chi connectivity index (χ1n) is 6.61. The number of hydrogen-bond acceptors (Lipinski definition) is 3. The van der Waals surface area contributed by atoms with Gasteiger partial charge >= 0.3 is 0 Å². The Bertz CT molecular complexity index is 605. The third kappa shape index (κ3) is 3.60. The van der Waals surface area contributed by atoms with E-state index in [1.807, 2.05) is 19.4 Å². The molecule has 2 aromatic rings. The molecule has 0 radical (unpaired) electrons. The molecule has 0 saturated carbocycles. The number of phenolic OH excluding ortho intramolecular Hbond substituents is 1. The van der Waals surface area contributed by atoms with Crippen molar-refractivity contribution in [2.24, 2.45) is 7.05 Å². The molecule has 5 nitrogen and oxygen atoms in total. The Kier molecular flexibility index (Phi) is 4.40. The molecule has 106 valence electrons. The summed E-state index contributed by atoms with van der Waals surface area (Å²) < 4.78 is 1.77. The van der Waals surface area contributed by atoms with Crippen molar-refractivity contribution >= 4 is 5.91 Å². The predicted molar refractivity (Wildman–Crippen MR) is 76.7 cm³/mol. The first-order valence-corrected chi connectivity index (χ1v) is 6.61. The molecule has 1 aromatic carbocycles. The van der Waals surface area contributed by atoms with Gasteiger partial charge in [-0.1, -0.05) is 6.07 Å². The minimum atomic E-state index is -0.161. The van der Waals surface area contributed by atoms with Gasteiger partial charge in [0.1, 0.15) is 5.75 Å². The van der Waals surface area contributed by atoms with Gasteiger partial charge in [-0.15, -0.1) is 0 Å². The topological polar surface area (TPSA) is 67.2 Å². The van der Waals surface area contributed by atoms with Gasteiger partial charge in [0, 0.05) is 25.4 Å². The van der Waals surface area contributed by atoms with E-state index in [-0.39, 0.29) is 11.7 Å². The van der Waals surface area contributed by atoms with Gasteiger partial charge in [-0.3, -0.25) is 9.48 Å². The number of nitrogens with one attached hydrogen (secondary N) is 1. The average Bonchev–Trinajstić information content (AvgIpc) is 2.83. The molecule has 2 N–H and O–H groups in total. The van der Waals surface area contributed by atoms with Crippen molar-refractivity contribution < 1.29 is 9.90 Å². The maximum atomic E-state index is 11.9. The minimum absolute atomic E-state index is 0.146. The number of carbonyl (C=O) groups excluding carboxylic acids is 1. The van der Waals surface area contributed by atoms with Crippen LogP contribution < -0.4 is 5.32 Å². The quantitative estimate of drug-likeness (QED) is 0.816. The fourth-order valence-electron chi connectivity index (χ4n) is 1.95. The minimum Gasteiger partial charge on any atom is -0.508 e. The largest absolute Gasteiger partial charge is 0.508 e. The number of aryl methyl sites for hydroxylation is 3. The Balaban J connectivity index is 1.78. The second-order valence-electron chi connectivity index (χ2n) is 4.88. The van der Waals surface area contributed by atoms with E-state index in [9.17, 15) is 9.90 Å². The summed E-state index contributed by atoms with van der Waals surface area (Å²) in [6, 6.07) is 4.94. The number of hydrogen-bond donors (Lipinski definition) is 2. The number of benzene rings is 1. The van der Waals surface area contributed by atoms with Crippen LogP contribution in [0.4, 0.5) is 0 Å². The van der Waals surface area contributed by atoms with Crippen molar-refractivity contribution in [2.45, 2.75) is 19.8 Å². The van der Waals surface area contributed by atoms with E-state index in [0.29, 0.717) is 12.1 Å². The molecule has 0 aliphatic heterocycles. The van der Waals surface area contributed by atoms with E-state index in [0.717, 1.165) is 24.0 Å². The maximum Gasteiger partial charge on any atom is 0.251 e. The molecular weight excluding hydrogens is 254 g/mol. The summed E-state index contributed by atoms with van der Waals surface area (Å²) in [5.74, 6) is -0.0144. The van der Waals surface area contributed by atoms with Gasteiger partial charge in [0.25, 0.3) is 5.91 Å². The highest BCUT2D eigenvalue weighted by Gasteiger charge is 2.07. The molecule has 1 aromatic heterocycles. The zero-order valence-electron chi connectivity index (χ0n) is 11.8. The van der Waals surface area contributed by atoms with Crippen molar-refractivity contribution in [3.05, 3.63) is 47.3 Å². The van der Waals surface area contributed by atoms with Crippen molar-refractivity contribution in [2.75, 3.05) is 6.54 Å². The van der Waals surface area contributed by atoms with Gasteiger partial charge in [-0.25, -0.2) is 0 Å². The molecule has 5 heteroatoms. The summed E-state index contributed by atoms with van der Waals surface area (Å²) >= 11 is 0. The molecule has 0 spiro atoms. The van der Waals surface area contributed by atoms with Crippen LogP contribution in [0.25, 0.3) is 0 Å². The number of nitrogens with zero attached hydrogens (tertiary/aromatic N) is 2. The third-order valence-electron chi connectivity index (χ3n) is 3.16. The molecule has 0 saturated heterocycles. The van der Waals surface area contributed by atoms with Crippen LogP contribution in [0.2, 0.25) is 0 Å². The van der Waals surface area contributed by atoms with Crippen molar-refractivity contribution in [1.82, 2.24) is 15.1 Å². The van der Waals surface area contributed by atoms with Crippen LogP contribution in [0.15, 0.2) is 30.6 Å². The normalized spacial score (nSPS) is 10.5. The average molecular weight is 273 g/mol. The lowest BCUT2D eigenvalue weighted by Crippen LogP contribution is -2.24. The second kappa shape index (κ2) is 6.23. The van der Waals surface area contributed by atoms with Crippen LogP contribution >= 0.6 is 0 Å². The SMILES string of the molecule is Cc1ccc(C(=O)NCCCc2cnn(C)c2)cc1O. The van der Waals surface area contributed by atoms with Gasteiger partial charge in [0.15, 0.2) is 0 Å². The fourth-order valence-corrected chi connectivity index (χ4v) is 1.95. The predicted octanol–water partition coefficient (Wildman–Crippen LogP) is 1.80. The van der Waals surface area contributed by atoms with Gasteiger partial charge in [-0.05, 0) is 43.0 Å². The van der Waals surface area contributed by atoms with Gasteiger partial charge in [-0.2, -0.15) is 5.10 Å². The molecular formula is C15H19N3O2. The molecule has 0 atom stereocenters. The van der Waals surface area contributed by atoms with Crippen LogP contribution in [0.3, 0.4) is 0 Å². The molecule has 0 bridgehead atoms. The summed E-state index contributed by atoms with van der Waals surface area (Å²) in [5.41, 5.74) is 2.40. The number of carbonyl (C=O) groups is 1. The van der Waals surface area contributed by atoms with E-state index in [1.54, 1.807) is 23.7 Å². The zero-order chi connectivity index (χ0) is 14.5. The zero-order valence-corrected chi connectivity index (χ0v) is 11.8. The maximum absolute atomic E-state index is 11.9. The standard InChI is InChI=1S/C15H19N3O2/c1-11-5-6-13(8-14(11)19)15(20)16-7-3-4-12-9-17-18(2)10-12/h5-6,8-10,19H,3-4,7H2,1-2H3,(H,16,20). The van der Waals surface area contributed by atoms with Gasteiger partial charge in [0.05, 0.1) is 6.20 Å². The molecule has 1 heterocycles. The summed E-state index contributed by atoms with van der Waals surface area (Å²) in [5, 5.41) is 16.5. The number of rotatable bonds is 5. The molecule has 2 rings (SSSR count). The highest BCUT2D eigenvalue weighted by Crippen LogP contribution is 2.17. The molecule has 1 amide bonds. The molecule has 0 aliphatic rings. The molecule has 0 unspecified atom stereocenters. The van der Waals surface area contributed by atoms with E-state index >= 15 is 0 Å². The number of aromatic nitrogens is 2. The van der Waals surface area contributed by atoms with E-state index < -0.39 is 0 Å². The summed E-state index contributed by atoms with van der Waals surface area (Å²) in [4.78, 5) is 11.9. The Labute approximate surface area is 118 Å². The Hall–Kier alpha value is -2.30. The summed E-state index contributed by atoms with van der Waals surface area (Å²) in [6.45, 7) is 2.40. The number of amides is 1. The molecule has 0 aliphatic carbocycles. The van der Waals surface area contributed by atoms with Crippen LogP contribution in [0, 0.1) is 6.92 Å². The first-order chi connectivity index (χ1) is 9.56. The Morgan fingerprint density at radius 1 is 1.45 bits per heavy atom. The lowest BCUT2D eigenvalue weighted by atomic mass is 10.1. The lowest BCUT2D eigenvalue weighted by molar-refractivity contribution is 0.0953. The van der Waals surface area contributed by atoms with Crippen LogP contribution in [0.1, 0.15) is 27.9 Å². The Morgan fingerprint density at radius 3 is 2.90 bits per heavy atom. The molecule has 0 fully saturated rings. The molecule has 20 heavy (non-hydrogen) atoms. The summed E-state index contributed by atoms with van der Waals surface area (Å²) in [7, 11) is 1.88. The Morgan fingerprint density at radius 2 is 2.25 bits per heavy atom. The smallest absolute Gasteiger partial charge is 0.251 e. The second-order valence-corrected chi connectivity index (χ2v) is 4.88. The van der Waals surface area contributed by atoms with Gasteiger partial charge < -0.3 is 10.4 Å². The summed E-state index contributed by atoms with van der Waals surface area (Å²) in [6.07, 6.45) is 5.54. The highest BCUT2D eigenvalue weighted by atomic mass is 16.3. The third-order valence-corrected chi connectivity index (χ3v) is 3.16. The highest BCUT2D eigenvalue weighted by molar-refractivity contribution is 5.94. The van der Waals surface area contributed by atoms with E-state index in [1.165, 1.54) is 6.07 Å². The van der Waals surface area contributed by atoms with E-state index in [4.69, 9.17) is 0 Å². The van der Waals surface area contributed by atoms with Crippen LogP contribution in [0.5, 0.6) is 5.75 Å².